The van der Waals surface area contributed by atoms with Gasteiger partial charge in [0.1, 0.15) is 5.69 Å². The number of hydrogen-bond acceptors (Lipinski definition) is 10. The number of ether oxygens (including phenoxy) is 2. The second-order valence-electron chi connectivity index (χ2n) is 8.37. The molecule has 2 fully saturated rings. The van der Waals surface area contributed by atoms with Gasteiger partial charge < -0.3 is 9.47 Å². The number of nitrogens with zero attached hydrogens (tertiary/aromatic N) is 3. The maximum atomic E-state index is 13.2. The van der Waals surface area contributed by atoms with Crippen molar-refractivity contribution in [1.82, 2.24) is 8.61 Å². The lowest BCUT2D eigenvalue weighted by Crippen LogP contribution is -2.40. The number of rotatable bonds is 6. The van der Waals surface area contributed by atoms with Crippen LogP contribution in [0.4, 0.5) is 11.4 Å². The molecule has 3 aromatic carbocycles. The molecule has 2 aliphatic heterocycles. The summed E-state index contributed by atoms with van der Waals surface area (Å²) in [4.78, 5) is 12.0. The van der Waals surface area contributed by atoms with E-state index < -0.39 is 20.0 Å². The Labute approximate surface area is 207 Å². The minimum Gasteiger partial charge on any atom is -0.379 e. The smallest absolute Gasteiger partial charge is 0.243 e. The molecule has 2 saturated heterocycles. The van der Waals surface area contributed by atoms with E-state index in [1.807, 2.05) is 0 Å². The van der Waals surface area contributed by atoms with Crippen LogP contribution in [0.15, 0.2) is 51.4 Å². The zero-order valence-corrected chi connectivity index (χ0v) is 20.7. The normalized spacial score (nSPS) is 18.5. The standard InChI is InChI=1S/C22H24N4O8S2/c27-23-21-17-3-1-15(35(29,30)25-5-9-33-10-6-25)13-19(17)22(24-28)20-14-16(2-4-18(20)21)36(31,32)26-7-11-34-12-8-26/h1-4,13-14,23,27H,5-12H2. The number of nitroso groups, excluding NO2 is 1. The van der Waals surface area contributed by atoms with Crippen LogP contribution in [0.1, 0.15) is 0 Å². The molecule has 3 aromatic rings. The molecule has 0 unspecified atom stereocenters. The lowest BCUT2D eigenvalue weighted by atomic mass is 9.99. The van der Waals surface area contributed by atoms with Crippen LogP contribution in [0.3, 0.4) is 0 Å². The molecule has 0 radical (unpaired) electrons. The van der Waals surface area contributed by atoms with Gasteiger partial charge in [0.05, 0.1) is 41.9 Å². The Morgan fingerprint density at radius 2 is 1.14 bits per heavy atom. The van der Waals surface area contributed by atoms with Gasteiger partial charge in [-0.15, -0.1) is 4.91 Å². The highest BCUT2D eigenvalue weighted by atomic mass is 32.2. The minimum atomic E-state index is -3.88. The van der Waals surface area contributed by atoms with E-state index in [0.29, 0.717) is 10.8 Å². The summed E-state index contributed by atoms with van der Waals surface area (Å²) in [6.07, 6.45) is 0. The zero-order valence-electron chi connectivity index (χ0n) is 19.1. The summed E-state index contributed by atoms with van der Waals surface area (Å²) in [5.74, 6) is 0. The van der Waals surface area contributed by atoms with Crippen LogP contribution in [0, 0.1) is 4.91 Å². The third-order valence-corrected chi connectivity index (χ3v) is 10.2. The Balaban J connectivity index is 1.71. The number of anilines is 1. The van der Waals surface area contributed by atoms with Crippen molar-refractivity contribution < 1.29 is 31.5 Å². The van der Waals surface area contributed by atoms with Crippen LogP contribution in [-0.4, -0.2) is 83.3 Å². The van der Waals surface area contributed by atoms with Crippen molar-refractivity contribution >= 4 is 53.0 Å². The Morgan fingerprint density at radius 3 is 1.50 bits per heavy atom. The first-order chi connectivity index (χ1) is 17.3. The molecule has 0 saturated carbocycles. The van der Waals surface area contributed by atoms with Crippen LogP contribution in [0.5, 0.6) is 0 Å². The summed E-state index contributed by atoms with van der Waals surface area (Å²) in [7, 11) is -7.77. The quantitative estimate of drug-likeness (QED) is 0.274. The number of hydrogen-bond donors (Lipinski definition) is 2. The maximum absolute atomic E-state index is 13.2. The summed E-state index contributed by atoms with van der Waals surface area (Å²) in [6.45, 7) is 1.89. The molecular weight excluding hydrogens is 512 g/mol. The van der Waals surface area contributed by atoms with E-state index in [1.54, 1.807) is 0 Å². The molecule has 5 rings (SSSR count). The van der Waals surface area contributed by atoms with Crippen molar-refractivity contribution in [2.24, 2.45) is 5.18 Å². The predicted octanol–water partition coefficient (Wildman–Crippen LogP) is 2.23. The van der Waals surface area contributed by atoms with E-state index in [2.05, 4.69) is 10.7 Å². The van der Waals surface area contributed by atoms with Crippen molar-refractivity contribution in [3.05, 3.63) is 41.3 Å². The number of fused-ring (bicyclic) bond motifs is 2. The van der Waals surface area contributed by atoms with Crippen molar-refractivity contribution in [2.75, 3.05) is 58.1 Å². The maximum Gasteiger partial charge on any atom is 0.243 e. The van der Waals surface area contributed by atoms with E-state index in [0.717, 1.165) is 0 Å². The second-order valence-corrected chi connectivity index (χ2v) is 12.3. The molecule has 0 aliphatic carbocycles. The molecule has 2 heterocycles. The van der Waals surface area contributed by atoms with Gasteiger partial charge in [0, 0.05) is 47.7 Å². The van der Waals surface area contributed by atoms with Gasteiger partial charge in [-0.3, -0.25) is 10.7 Å². The Morgan fingerprint density at radius 1 is 0.722 bits per heavy atom. The van der Waals surface area contributed by atoms with Crippen LogP contribution >= 0.6 is 0 Å². The van der Waals surface area contributed by atoms with Gasteiger partial charge in [-0.2, -0.15) is 8.61 Å². The average molecular weight is 537 g/mol. The Bertz CT molecular complexity index is 1440. The topological polar surface area (TPSA) is 155 Å². The minimum absolute atomic E-state index is 0.0536. The molecule has 36 heavy (non-hydrogen) atoms. The summed E-state index contributed by atoms with van der Waals surface area (Å²) < 4.78 is 65.9. The molecule has 0 spiro atoms. The van der Waals surface area contributed by atoms with Gasteiger partial charge in [-0.05, 0) is 29.4 Å². The first-order valence-corrected chi connectivity index (χ1v) is 14.1. The largest absolute Gasteiger partial charge is 0.379 e. The summed E-state index contributed by atoms with van der Waals surface area (Å²) >= 11 is 0. The molecule has 14 heteroatoms. The highest BCUT2D eigenvalue weighted by molar-refractivity contribution is 7.89. The van der Waals surface area contributed by atoms with Crippen molar-refractivity contribution in [3.8, 4) is 0 Å². The van der Waals surface area contributed by atoms with E-state index >= 15 is 0 Å². The van der Waals surface area contributed by atoms with Gasteiger partial charge >= 0.3 is 0 Å². The fourth-order valence-corrected chi connectivity index (χ4v) is 7.45. The highest BCUT2D eigenvalue weighted by Gasteiger charge is 2.29. The fraction of sp³-hybridized carbons (Fsp3) is 0.364. The third-order valence-electron chi connectivity index (χ3n) is 6.45. The molecule has 192 valence electrons. The molecule has 12 nitrogen and oxygen atoms in total. The predicted molar refractivity (Wildman–Crippen MR) is 131 cm³/mol. The zero-order chi connectivity index (χ0) is 25.5. The first-order valence-electron chi connectivity index (χ1n) is 11.2. The molecule has 0 amide bonds. The molecule has 2 N–H and O–H groups in total. The molecule has 0 bridgehead atoms. The van der Waals surface area contributed by atoms with Crippen molar-refractivity contribution in [2.45, 2.75) is 9.79 Å². The van der Waals surface area contributed by atoms with Crippen LogP contribution in [-0.2, 0) is 29.5 Å². The van der Waals surface area contributed by atoms with Crippen molar-refractivity contribution in [3.63, 3.8) is 0 Å². The van der Waals surface area contributed by atoms with Gasteiger partial charge in [-0.25, -0.2) is 16.8 Å². The van der Waals surface area contributed by atoms with Crippen LogP contribution in [0.25, 0.3) is 21.5 Å². The van der Waals surface area contributed by atoms with Gasteiger partial charge in [0.15, 0.2) is 0 Å². The molecular formula is C22H24N4O8S2. The molecule has 0 aromatic heterocycles. The fourth-order valence-electron chi connectivity index (χ4n) is 4.58. The van der Waals surface area contributed by atoms with Gasteiger partial charge in [0.25, 0.3) is 0 Å². The lowest BCUT2D eigenvalue weighted by Gasteiger charge is -2.26. The second kappa shape index (κ2) is 9.63. The van der Waals surface area contributed by atoms with Crippen molar-refractivity contribution in [1.29, 1.82) is 0 Å². The lowest BCUT2D eigenvalue weighted by molar-refractivity contribution is 0.0730. The van der Waals surface area contributed by atoms with E-state index in [1.165, 1.54) is 45.0 Å². The number of benzene rings is 3. The molecule has 2 aliphatic rings. The number of morpholine rings is 2. The SMILES string of the molecule is O=Nc1c2cc(S(=O)(=O)N3CCOCC3)ccc2c(NO)c2ccc(S(=O)(=O)N3CCOCC3)cc12. The Hall–Kier alpha value is -2.72. The number of sulfonamides is 2. The first kappa shape index (κ1) is 25.0. The van der Waals surface area contributed by atoms with Gasteiger partial charge in [0.2, 0.25) is 20.0 Å². The van der Waals surface area contributed by atoms with E-state index in [4.69, 9.17) is 9.47 Å². The monoisotopic (exact) mass is 536 g/mol. The van der Waals surface area contributed by atoms with E-state index in [-0.39, 0.29) is 84.5 Å². The summed E-state index contributed by atoms with van der Waals surface area (Å²) in [5, 5.41) is 14.1. The average Bonchev–Trinajstić information content (AvgIpc) is 2.92. The van der Waals surface area contributed by atoms with Gasteiger partial charge in [-0.1, -0.05) is 12.1 Å². The summed E-state index contributed by atoms with van der Waals surface area (Å²) in [5.41, 5.74) is 2.18. The third kappa shape index (κ3) is 4.14. The van der Waals surface area contributed by atoms with E-state index in [9.17, 15) is 26.9 Å². The number of nitrogens with one attached hydrogen (secondary N) is 1. The van der Waals surface area contributed by atoms with Crippen LogP contribution in [0.2, 0.25) is 0 Å². The highest BCUT2D eigenvalue weighted by Crippen LogP contribution is 2.43. The summed E-state index contributed by atoms with van der Waals surface area (Å²) in [6, 6.07) is 8.39. The Kier molecular flexibility index (Phi) is 6.67. The molecule has 0 atom stereocenters. The van der Waals surface area contributed by atoms with Crippen LogP contribution < -0.4 is 5.48 Å².